The second-order valence-corrected chi connectivity index (χ2v) is 4.84. The molecule has 1 amide bonds. The highest BCUT2D eigenvalue weighted by molar-refractivity contribution is 7.20. The molecule has 0 aliphatic rings. The van der Waals surface area contributed by atoms with Crippen LogP contribution in [0.25, 0.3) is 10.1 Å². The van der Waals surface area contributed by atoms with Crippen LogP contribution in [0.5, 0.6) is 0 Å². The van der Waals surface area contributed by atoms with Gasteiger partial charge in [-0.15, -0.1) is 11.3 Å². The summed E-state index contributed by atoms with van der Waals surface area (Å²) in [5.41, 5.74) is 5.46. The second kappa shape index (κ2) is 4.63. The summed E-state index contributed by atoms with van der Waals surface area (Å²) in [5.74, 6) is -0.0425. The maximum atomic E-state index is 11.8. The van der Waals surface area contributed by atoms with Crippen LogP contribution in [0.15, 0.2) is 30.3 Å². The van der Waals surface area contributed by atoms with Crippen molar-refractivity contribution < 1.29 is 4.79 Å². The number of fused-ring (bicyclic) bond motifs is 1. The summed E-state index contributed by atoms with van der Waals surface area (Å²) in [4.78, 5) is 12.6. The Balaban J connectivity index is 2.23. The van der Waals surface area contributed by atoms with E-state index < -0.39 is 0 Å². The molecule has 0 spiro atoms. The Kier molecular flexibility index (Phi) is 3.22. The van der Waals surface area contributed by atoms with Crippen LogP contribution in [0, 0.1) is 0 Å². The van der Waals surface area contributed by atoms with Gasteiger partial charge < -0.3 is 11.1 Å². The molecule has 3 N–H and O–H groups in total. The number of nitrogens with one attached hydrogen (secondary N) is 1. The molecular formula is C12H14N2OS. The normalized spacial score (nSPS) is 12.6. The third-order valence-electron chi connectivity index (χ3n) is 2.38. The largest absolute Gasteiger partial charge is 0.348 e. The number of thiophene rings is 1. The van der Waals surface area contributed by atoms with E-state index in [1.165, 1.54) is 11.3 Å². The van der Waals surface area contributed by atoms with Crippen LogP contribution < -0.4 is 11.1 Å². The molecule has 4 heteroatoms. The summed E-state index contributed by atoms with van der Waals surface area (Å²) in [6, 6.07) is 9.90. The van der Waals surface area contributed by atoms with Crippen molar-refractivity contribution in [3.63, 3.8) is 0 Å². The van der Waals surface area contributed by atoms with E-state index in [2.05, 4.69) is 5.32 Å². The molecule has 0 saturated carbocycles. The summed E-state index contributed by atoms with van der Waals surface area (Å²) >= 11 is 1.50. The third kappa shape index (κ3) is 2.23. The van der Waals surface area contributed by atoms with E-state index in [4.69, 9.17) is 5.73 Å². The SMILES string of the molecule is C[C@H](CN)NC(=O)c1cc2ccccc2s1. The van der Waals surface area contributed by atoms with Gasteiger partial charge in [0.1, 0.15) is 0 Å². The van der Waals surface area contributed by atoms with E-state index in [-0.39, 0.29) is 11.9 Å². The zero-order valence-electron chi connectivity index (χ0n) is 9.07. The molecule has 2 rings (SSSR count). The first-order valence-corrected chi connectivity index (χ1v) is 6.02. The first-order valence-electron chi connectivity index (χ1n) is 5.20. The lowest BCUT2D eigenvalue weighted by molar-refractivity contribution is 0.0945. The highest BCUT2D eigenvalue weighted by atomic mass is 32.1. The average Bonchev–Trinajstić information content (AvgIpc) is 2.72. The van der Waals surface area contributed by atoms with Crippen LogP contribution in [-0.2, 0) is 0 Å². The fourth-order valence-corrected chi connectivity index (χ4v) is 2.41. The van der Waals surface area contributed by atoms with Crippen molar-refractivity contribution in [2.24, 2.45) is 5.73 Å². The molecule has 3 nitrogen and oxygen atoms in total. The zero-order valence-corrected chi connectivity index (χ0v) is 9.88. The molecule has 0 fully saturated rings. The van der Waals surface area contributed by atoms with Crippen molar-refractivity contribution in [3.8, 4) is 0 Å². The van der Waals surface area contributed by atoms with Crippen molar-refractivity contribution in [2.45, 2.75) is 13.0 Å². The molecule has 2 aromatic rings. The Morgan fingerprint density at radius 2 is 2.25 bits per heavy atom. The topological polar surface area (TPSA) is 55.1 Å². The maximum Gasteiger partial charge on any atom is 0.261 e. The molecule has 0 saturated heterocycles. The predicted molar refractivity (Wildman–Crippen MR) is 67.8 cm³/mol. The van der Waals surface area contributed by atoms with Crippen molar-refractivity contribution in [1.29, 1.82) is 0 Å². The summed E-state index contributed by atoms with van der Waals surface area (Å²) in [5, 5.41) is 3.96. The van der Waals surface area contributed by atoms with Crippen LogP contribution in [0.1, 0.15) is 16.6 Å². The Bertz CT molecular complexity index is 473. The lowest BCUT2D eigenvalue weighted by atomic mass is 10.2. The molecular weight excluding hydrogens is 220 g/mol. The van der Waals surface area contributed by atoms with Crippen molar-refractivity contribution in [2.75, 3.05) is 6.54 Å². The van der Waals surface area contributed by atoms with E-state index in [1.54, 1.807) is 0 Å². The number of amides is 1. The van der Waals surface area contributed by atoms with Crippen LogP contribution in [0.2, 0.25) is 0 Å². The standard InChI is InChI=1S/C12H14N2OS/c1-8(7-13)14-12(15)11-6-9-4-2-3-5-10(9)16-11/h2-6,8H,7,13H2,1H3,(H,14,15)/t8-/m1/s1. The Morgan fingerprint density at radius 1 is 1.50 bits per heavy atom. The van der Waals surface area contributed by atoms with Gasteiger partial charge in [0.2, 0.25) is 0 Å². The summed E-state index contributed by atoms with van der Waals surface area (Å²) in [6.07, 6.45) is 0. The van der Waals surface area contributed by atoms with Gasteiger partial charge >= 0.3 is 0 Å². The van der Waals surface area contributed by atoms with Gasteiger partial charge in [-0.1, -0.05) is 18.2 Å². The summed E-state index contributed by atoms with van der Waals surface area (Å²) in [6.45, 7) is 2.35. The van der Waals surface area contributed by atoms with Gasteiger partial charge in [-0.3, -0.25) is 4.79 Å². The molecule has 1 heterocycles. The van der Waals surface area contributed by atoms with Gasteiger partial charge in [0.15, 0.2) is 0 Å². The molecule has 16 heavy (non-hydrogen) atoms. The molecule has 0 bridgehead atoms. The summed E-state index contributed by atoms with van der Waals surface area (Å²) in [7, 11) is 0. The minimum Gasteiger partial charge on any atom is -0.348 e. The van der Waals surface area contributed by atoms with Gasteiger partial charge in [-0.2, -0.15) is 0 Å². The van der Waals surface area contributed by atoms with E-state index >= 15 is 0 Å². The Morgan fingerprint density at radius 3 is 2.94 bits per heavy atom. The fourth-order valence-electron chi connectivity index (χ4n) is 1.45. The quantitative estimate of drug-likeness (QED) is 0.853. The second-order valence-electron chi connectivity index (χ2n) is 3.76. The first kappa shape index (κ1) is 11.1. The number of carbonyl (C=O) groups excluding carboxylic acids is 1. The van der Waals surface area contributed by atoms with Gasteiger partial charge in [0.05, 0.1) is 4.88 Å². The number of hydrogen-bond acceptors (Lipinski definition) is 3. The van der Waals surface area contributed by atoms with Gasteiger partial charge in [0, 0.05) is 17.3 Å². The number of carbonyl (C=O) groups is 1. The molecule has 0 radical (unpaired) electrons. The van der Waals surface area contributed by atoms with Gasteiger partial charge in [0.25, 0.3) is 5.91 Å². The van der Waals surface area contributed by atoms with Crippen molar-refractivity contribution in [3.05, 3.63) is 35.2 Å². The smallest absolute Gasteiger partial charge is 0.261 e. The Labute approximate surface area is 98.3 Å². The van der Waals surface area contributed by atoms with E-state index in [1.807, 2.05) is 37.3 Å². The highest BCUT2D eigenvalue weighted by Crippen LogP contribution is 2.24. The fraction of sp³-hybridized carbons (Fsp3) is 0.250. The molecule has 0 aliphatic carbocycles. The third-order valence-corrected chi connectivity index (χ3v) is 3.50. The van der Waals surface area contributed by atoms with E-state index in [0.717, 1.165) is 15.0 Å². The van der Waals surface area contributed by atoms with Crippen LogP contribution in [0.3, 0.4) is 0 Å². The molecule has 0 aliphatic heterocycles. The lowest BCUT2D eigenvalue weighted by Crippen LogP contribution is -2.37. The number of benzene rings is 1. The number of rotatable bonds is 3. The highest BCUT2D eigenvalue weighted by Gasteiger charge is 2.11. The van der Waals surface area contributed by atoms with Crippen LogP contribution >= 0.6 is 11.3 Å². The van der Waals surface area contributed by atoms with Crippen LogP contribution in [-0.4, -0.2) is 18.5 Å². The minimum absolute atomic E-state index is 0.0118. The average molecular weight is 234 g/mol. The van der Waals surface area contributed by atoms with Crippen LogP contribution in [0.4, 0.5) is 0 Å². The molecule has 1 atom stereocenters. The van der Waals surface area contributed by atoms with Crippen molar-refractivity contribution in [1.82, 2.24) is 5.32 Å². The van der Waals surface area contributed by atoms with Gasteiger partial charge in [-0.25, -0.2) is 0 Å². The number of nitrogens with two attached hydrogens (primary N) is 1. The predicted octanol–water partition coefficient (Wildman–Crippen LogP) is 1.98. The number of hydrogen-bond donors (Lipinski definition) is 2. The molecule has 84 valence electrons. The monoisotopic (exact) mass is 234 g/mol. The minimum atomic E-state index is -0.0425. The lowest BCUT2D eigenvalue weighted by Gasteiger charge is -2.09. The van der Waals surface area contributed by atoms with E-state index in [0.29, 0.717) is 6.54 Å². The van der Waals surface area contributed by atoms with E-state index in [9.17, 15) is 4.79 Å². The molecule has 0 unspecified atom stereocenters. The first-order chi connectivity index (χ1) is 7.70. The Hall–Kier alpha value is -1.39. The zero-order chi connectivity index (χ0) is 11.5. The molecule has 1 aromatic carbocycles. The molecule has 1 aromatic heterocycles. The van der Waals surface area contributed by atoms with Gasteiger partial charge in [-0.05, 0) is 24.4 Å². The maximum absolute atomic E-state index is 11.8. The summed E-state index contributed by atoms with van der Waals surface area (Å²) < 4.78 is 1.13. The van der Waals surface area contributed by atoms with Crippen molar-refractivity contribution >= 4 is 27.3 Å².